The number of carboxylic acids is 1. The molecule has 0 heterocycles. The summed E-state index contributed by atoms with van der Waals surface area (Å²) in [5.41, 5.74) is 0. The number of rotatable bonds is 5. The summed E-state index contributed by atoms with van der Waals surface area (Å²) in [5, 5.41) is 10.8. The molecule has 18 heavy (non-hydrogen) atoms. The van der Waals surface area contributed by atoms with Crippen molar-refractivity contribution in [1.29, 1.82) is 0 Å². The Hall–Kier alpha value is -1.70. The topological polar surface area (TPSA) is 46.5 Å². The predicted molar refractivity (Wildman–Crippen MR) is 72.7 cm³/mol. The summed E-state index contributed by atoms with van der Waals surface area (Å²) >= 11 is 0. The molecule has 4 heteroatoms. The van der Waals surface area contributed by atoms with Gasteiger partial charge in [-0.3, -0.25) is 0 Å². The zero-order valence-corrected chi connectivity index (χ0v) is 10.6. The summed E-state index contributed by atoms with van der Waals surface area (Å²) in [5.74, 6) is -0.950. The number of benzene rings is 2. The second-order valence-electron chi connectivity index (χ2n) is 3.63. The van der Waals surface area contributed by atoms with E-state index in [1.54, 1.807) is 0 Å². The van der Waals surface area contributed by atoms with Crippen LogP contribution in [0.5, 0.6) is 0 Å². The van der Waals surface area contributed by atoms with Crippen LogP contribution in [0, 0.1) is 0 Å². The van der Waals surface area contributed by atoms with Crippen molar-refractivity contribution >= 4 is 24.7 Å². The molecule has 2 aromatic rings. The molecule has 0 radical (unpaired) electrons. The Bertz CT molecular complexity index is 459. The van der Waals surface area contributed by atoms with Crippen LogP contribution in [0.4, 0.5) is 0 Å². The molecule has 3 nitrogen and oxygen atoms in total. The molecular weight excluding hydrogens is 247 g/mol. The SMILES string of the molecule is O=C(O)COP(c1ccccc1)c1ccccc1. The van der Waals surface area contributed by atoms with Gasteiger partial charge in [0.1, 0.15) is 6.61 Å². The van der Waals surface area contributed by atoms with E-state index in [1.165, 1.54) is 0 Å². The van der Waals surface area contributed by atoms with Crippen LogP contribution in [-0.2, 0) is 9.32 Å². The summed E-state index contributed by atoms with van der Waals surface area (Å²) in [6.07, 6.45) is 0. The Labute approximate surface area is 107 Å². The Morgan fingerprint density at radius 2 is 1.39 bits per heavy atom. The zero-order valence-electron chi connectivity index (χ0n) is 9.69. The molecule has 1 N–H and O–H groups in total. The van der Waals surface area contributed by atoms with E-state index in [0.717, 1.165) is 10.6 Å². The molecule has 0 aliphatic carbocycles. The highest BCUT2D eigenvalue weighted by molar-refractivity contribution is 7.68. The lowest BCUT2D eigenvalue weighted by atomic mass is 10.4. The molecule has 92 valence electrons. The lowest BCUT2D eigenvalue weighted by molar-refractivity contribution is -0.139. The molecule has 0 bridgehead atoms. The van der Waals surface area contributed by atoms with E-state index < -0.39 is 14.1 Å². The first-order valence-corrected chi connectivity index (χ1v) is 6.78. The fourth-order valence-corrected chi connectivity index (χ4v) is 3.27. The predicted octanol–water partition coefficient (Wildman–Crippen LogP) is 2.14. The summed E-state index contributed by atoms with van der Waals surface area (Å²) in [6.45, 7) is -0.282. The van der Waals surface area contributed by atoms with Gasteiger partial charge in [-0.15, -0.1) is 0 Å². The Morgan fingerprint density at radius 1 is 0.944 bits per heavy atom. The van der Waals surface area contributed by atoms with Gasteiger partial charge in [0, 0.05) is 10.6 Å². The standard InChI is InChI=1S/C14H13O3P/c15-14(16)11-17-18(12-7-3-1-4-8-12)13-9-5-2-6-10-13/h1-10H,11H2,(H,15,16). The van der Waals surface area contributed by atoms with Crippen LogP contribution in [0.15, 0.2) is 60.7 Å². The molecule has 0 saturated heterocycles. The van der Waals surface area contributed by atoms with Gasteiger partial charge >= 0.3 is 5.97 Å². The average molecular weight is 260 g/mol. The molecule has 0 spiro atoms. The maximum atomic E-state index is 10.7. The second kappa shape index (κ2) is 6.29. The number of hydrogen-bond acceptors (Lipinski definition) is 2. The summed E-state index contributed by atoms with van der Waals surface area (Å²) in [6, 6.07) is 19.4. The third-order valence-corrected chi connectivity index (χ3v) is 4.22. The van der Waals surface area contributed by atoms with Gasteiger partial charge in [0.25, 0.3) is 0 Å². The molecule has 2 aromatic carbocycles. The normalized spacial score (nSPS) is 10.5. The Balaban J connectivity index is 2.26. The highest BCUT2D eigenvalue weighted by atomic mass is 31.1. The van der Waals surface area contributed by atoms with Crippen LogP contribution in [0.3, 0.4) is 0 Å². The lowest BCUT2D eigenvalue weighted by Gasteiger charge is -2.17. The van der Waals surface area contributed by atoms with E-state index in [-0.39, 0.29) is 6.61 Å². The van der Waals surface area contributed by atoms with Gasteiger partial charge in [-0.1, -0.05) is 60.7 Å². The van der Waals surface area contributed by atoms with Gasteiger partial charge < -0.3 is 9.63 Å². The van der Waals surface area contributed by atoms with Crippen molar-refractivity contribution in [2.75, 3.05) is 6.61 Å². The number of carbonyl (C=O) groups is 1. The van der Waals surface area contributed by atoms with Gasteiger partial charge in [0.2, 0.25) is 0 Å². The first-order chi connectivity index (χ1) is 8.77. The molecule has 0 aliphatic heterocycles. The van der Waals surface area contributed by atoms with Crippen LogP contribution < -0.4 is 10.6 Å². The fraction of sp³-hybridized carbons (Fsp3) is 0.0714. The molecule has 0 fully saturated rings. The minimum Gasteiger partial charge on any atom is -0.480 e. The highest BCUT2D eigenvalue weighted by Gasteiger charge is 2.15. The third-order valence-electron chi connectivity index (χ3n) is 2.30. The largest absolute Gasteiger partial charge is 0.480 e. The van der Waals surface area contributed by atoms with Crippen molar-refractivity contribution in [1.82, 2.24) is 0 Å². The second-order valence-corrected chi connectivity index (χ2v) is 5.51. The Morgan fingerprint density at radius 3 is 1.78 bits per heavy atom. The fourth-order valence-electron chi connectivity index (χ4n) is 1.54. The van der Waals surface area contributed by atoms with Crippen LogP contribution in [0.2, 0.25) is 0 Å². The number of carboxylic acid groups (broad SMARTS) is 1. The summed E-state index contributed by atoms with van der Waals surface area (Å²) in [4.78, 5) is 10.7. The lowest BCUT2D eigenvalue weighted by Crippen LogP contribution is -2.16. The van der Waals surface area contributed by atoms with Crippen LogP contribution in [0.1, 0.15) is 0 Å². The van der Waals surface area contributed by atoms with Crippen LogP contribution in [0.25, 0.3) is 0 Å². The van der Waals surface area contributed by atoms with Gasteiger partial charge in [-0.05, 0) is 0 Å². The maximum absolute atomic E-state index is 10.7. The van der Waals surface area contributed by atoms with Gasteiger partial charge in [0.05, 0.1) is 8.15 Å². The van der Waals surface area contributed by atoms with Gasteiger partial charge in [-0.25, -0.2) is 4.79 Å². The number of aliphatic carboxylic acids is 1. The molecule has 0 aromatic heterocycles. The van der Waals surface area contributed by atoms with Crippen molar-refractivity contribution in [2.45, 2.75) is 0 Å². The molecular formula is C14H13O3P. The Kier molecular flexibility index (Phi) is 4.46. The minimum atomic E-state index is -1.06. The molecule has 0 unspecified atom stereocenters. The van der Waals surface area contributed by atoms with Crippen molar-refractivity contribution in [3.8, 4) is 0 Å². The van der Waals surface area contributed by atoms with E-state index >= 15 is 0 Å². The van der Waals surface area contributed by atoms with Crippen molar-refractivity contribution in [3.63, 3.8) is 0 Å². The molecule has 2 rings (SSSR count). The highest BCUT2D eigenvalue weighted by Crippen LogP contribution is 2.34. The monoisotopic (exact) mass is 260 g/mol. The van der Waals surface area contributed by atoms with Crippen molar-refractivity contribution in [3.05, 3.63) is 60.7 Å². The molecule has 0 amide bonds. The smallest absolute Gasteiger partial charge is 0.330 e. The van der Waals surface area contributed by atoms with E-state index in [0.29, 0.717) is 0 Å². The number of hydrogen-bond donors (Lipinski definition) is 1. The molecule has 0 atom stereocenters. The van der Waals surface area contributed by atoms with Crippen LogP contribution in [-0.4, -0.2) is 17.7 Å². The van der Waals surface area contributed by atoms with E-state index in [1.807, 2.05) is 60.7 Å². The zero-order chi connectivity index (χ0) is 12.8. The maximum Gasteiger partial charge on any atom is 0.330 e. The van der Waals surface area contributed by atoms with Gasteiger partial charge in [-0.2, -0.15) is 0 Å². The first kappa shape index (κ1) is 12.7. The molecule has 0 aliphatic rings. The third kappa shape index (κ3) is 3.39. The quantitative estimate of drug-likeness (QED) is 0.838. The van der Waals surface area contributed by atoms with Crippen molar-refractivity contribution in [2.24, 2.45) is 0 Å². The van der Waals surface area contributed by atoms with Crippen LogP contribution >= 0.6 is 8.15 Å². The van der Waals surface area contributed by atoms with Crippen molar-refractivity contribution < 1.29 is 14.4 Å². The van der Waals surface area contributed by atoms with E-state index in [4.69, 9.17) is 9.63 Å². The summed E-state index contributed by atoms with van der Waals surface area (Å²) in [7, 11) is -1.06. The van der Waals surface area contributed by atoms with E-state index in [9.17, 15) is 4.79 Å². The van der Waals surface area contributed by atoms with Gasteiger partial charge in [0.15, 0.2) is 0 Å². The minimum absolute atomic E-state index is 0.282. The molecule has 0 saturated carbocycles. The first-order valence-electron chi connectivity index (χ1n) is 5.52. The van der Waals surface area contributed by atoms with E-state index in [2.05, 4.69) is 0 Å². The summed E-state index contributed by atoms with van der Waals surface area (Å²) < 4.78 is 5.54. The average Bonchev–Trinajstić information content (AvgIpc) is 2.41.